The molecule has 110 valence electrons. The molecular formula is C19H23NO. The van der Waals surface area contributed by atoms with Gasteiger partial charge in [-0.05, 0) is 52.0 Å². The van der Waals surface area contributed by atoms with E-state index in [9.17, 15) is 4.79 Å². The fraction of sp³-hybridized carbons (Fsp3) is 0.316. The van der Waals surface area contributed by atoms with Crippen LogP contribution in [-0.2, 0) is 0 Å². The van der Waals surface area contributed by atoms with Crippen LogP contribution in [0.15, 0.2) is 48.5 Å². The van der Waals surface area contributed by atoms with Crippen molar-refractivity contribution in [2.75, 3.05) is 11.4 Å². The lowest BCUT2D eigenvalue weighted by molar-refractivity contribution is 0.0997. The molecule has 0 saturated heterocycles. The quantitative estimate of drug-likeness (QED) is 0.757. The SMILES string of the molecule is Cc1cc(C)cc(C(=O)CN(c2ccccc2)C(C)C)c1. The number of para-hydroxylation sites is 1. The van der Waals surface area contributed by atoms with Crippen LogP contribution in [0.3, 0.4) is 0 Å². The standard InChI is InChI=1S/C19H23NO/c1-14(2)20(18-8-6-5-7-9-18)13-19(21)17-11-15(3)10-16(4)12-17/h5-12,14H,13H2,1-4H3. The number of carbonyl (C=O) groups is 1. The molecule has 0 atom stereocenters. The number of carbonyl (C=O) groups excluding carboxylic acids is 1. The van der Waals surface area contributed by atoms with Crippen molar-refractivity contribution in [3.05, 3.63) is 65.2 Å². The number of aryl methyl sites for hydroxylation is 2. The smallest absolute Gasteiger partial charge is 0.182 e. The molecule has 2 heteroatoms. The normalized spacial score (nSPS) is 10.7. The van der Waals surface area contributed by atoms with Gasteiger partial charge in [-0.2, -0.15) is 0 Å². The average molecular weight is 281 g/mol. The van der Waals surface area contributed by atoms with Crippen LogP contribution in [-0.4, -0.2) is 18.4 Å². The summed E-state index contributed by atoms with van der Waals surface area (Å²) < 4.78 is 0. The molecule has 21 heavy (non-hydrogen) atoms. The van der Waals surface area contributed by atoms with Crippen LogP contribution >= 0.6 is 0 Å². The minimum Gasteiger partial charge on any atom is -0.361 e. The highest BCUT2D eigenvalue weighted by molar-refractivity contribution is 5.99. The molecule has 0 aliphatic rings. The fourth-order valence-corrected chi connectivity index (χ4v) is 2.57. The summed E-state index contributed by atoms with van der Waals surface area (Å²) >= 11 is 0. The maximum Gasteiger partial charge on any atom is 0.182 e. The third-order valence-electron chi connectivity index (χ3n) is 3.57. The Morgan fingerprint density at radius 2 is 1.57 bits per heavy atom. The van der Waals surface area contributed by atoms with Crippen LogP contribution in [0, 0.1) is 13.8 Å². The van der Waals surface area contributed by atoms with Crippen LogP contribution in [0.2, 0.25) is 0 Å². The topological polar surface area (TPSA) is 20.3 Å². The second kappa shape index (κ2) is 6.57. The van der Waals surface area contributed by atoms with Crippen molar-refractivity contribution in [3.8, 4) is 0 Å². The predicted octanol–water partition coefficient (Wildman–Crippen LogP) is 4.40. The molecule has 0 amide bonds. The number of hydrogen-bond acceptors (Lipinski definition) is 2. The first-order valence-electron chi connectivity index (χ1n) is 7.40. The first-order valence-corrected chi connectivity index (χ1v) is 7.40. The van der Waals surface area contributed by atoms with Gasteiger partial charge in [-0.1, -0.05) is 35.4 Å². The minimum absolute atomic E-state index is 0.166. The molecule has 2 nitrogen and oxygen atoms in total. The highest BCUT2D eigenvalue weighted by Crippen LogP contribution is 2.18. The van der Waals surface area contributed by atoms with Crippen molar-refractivity contribution in [1.82, 2.24) is 0 Å². The molecule has 0 spiro atoms. The highest BCUT2D eigenvalue weighted by Gasteiger charge is 2.16. The molecule has 2 rings (SSSR count). The van der Waals surface area contributed by atoms with E-state index < -0.39 is 0 Å². The zero-order chi connectivity index (χ0) is 15.4. The Morgan fingerprint density at radius 3 is 2.10 bits per heavy atom. The lowest BCUT2D eigenvalue weighted by Gasteiger charge is -2.28. The Labute approximate surface area is 127 Å². The molecule has 0 unspecified atom stereocenters. The summed E-state index contributed by atoms with van der Waals surface area (Å²) in [4.78, 5) is 14.7. The van der Waals surface area contributed by atoms with Crippen molar-refractivity contribution >= 4 is 11.5 Å². The second-order valence-electron chi connectivity index (χ2n) is 5.86. The van der Waals surface area contributed by atoms with E-state index in [0.29, 0.717) is 6.54 Å². The first kappa shape index (κ1) is 15.3. The van der Waals surface area contributed by atoms with Gasteiger partial charge < -0.3 is 4.90 Å². The van der Waals surface area contributed by atoms with Gasteiger partial charge in [0.25, 0.3) is 0 Å². The number of rotatable bonds is 5. The van der Waals surface area contributed by atoms with Crippen LogP contribution in [0.5, 0.6) is 0 Å². The van der Waals surface area contributed by atoms with E-state index in [2.05, 4.69) is 36.9 Å². The van der Waals surface area contributed by atoms with Gasteiger partial charge in [-0.3, -0.25) is 4.79 Å². The third kappa shape index (κ3) is 3.94. The predicted molar refractivity (Wildman–Crippen MR) is 89.2 cm³/mol. The Kier molecular flexibility index (Phi) is 4.79. The van der Waals surface area contributed by atoms with Crippen LogP contribution < -0.4 is 4.90 Å². The van der Waals surface area contributed by atoms with Crippen LogP contribution in [0.4, 0.5) is 5.69 Å². The minimum atomic E-state index is 0.166. The van der Waals surface area contributed by atoms with Crippen molar-refractivity contribution < 1.29 is 4.79 Å². The summed E-state index contributed by atoms with van der Waals surface area (Å²) in [5.41, 5.74) is 4.16. The highest BCUT2D eigenvalue weighted by atomic mass is 16.1. The molecule has 0 aliphatic heterocycles. The van der Waals surface area contributed by atoms with Gasteiger partial charge >= 0.3 is 0 Å². The summed E-state index contributed by atoms with van der Waals surface area (Å²) in [6.07, 6.45) is 0. The Bertz CT molecular complexity index is 596. The maximum atomic E-state index is 12.6. The van der Waals surface area contributed by atoms with Crippen LogP contribution in [0.1, 0.15) is 35.3 Å². The van der Waals surface area contributed by atoms with Gasteiger partial charge in [0.05, 0.1) is 6.54 Å². The molecule has 2 aromatic carbocycles. The van der Waals surface area contributed by atoms with E-state index in [1.165, 1.54) is 0 Å². The summed E-state index contributed by atoms with van der Waals surface area (Å²) in [6.45, 7) is 8.69. The van der Waals surface area contributed by atoms with E-state index in [0.717, 1.165) is 22.4 Å². The van der Waals surface area contributed by atoms with E-state index in [-0.39, 0.29) is 11.8 Å². The molecule has 0 saturated carbocycles. The lowest BCUT2D eigenvalue weighted by atomic mass is 10.0. The number of anilines is 1. The first-order chi connectivity index (χ1) is 9.97. The van der Waals surface area contributed by atoms with E-state index >= 15 is 0 Å². The van der Waals surface area contributed by atoms with Gasteiger partial charge in [0.15, 0.2) is 5.78 Å². The number of benzene rings is 2. The Hall–Kier alpha value is -2.09. The molecule has 2 aromatic rings. The molecule has 0 fully saturated rings. The van der Waals surface area contributed by atoms with Gasteiger partial charge in [-0.15, -0.1) is 0 Å². The zero-order valence-electron chi connectivity index (χ0n) is 13.3. The lowest BCUT2D eigenvalue weighted by Crippen LogP contribution is -2.35. The monoisotopic (exact) mass is 281 g/mol. The average Bonchev–Trinajstić information content (AvgIpc) is 2.44. The van der Waals surface area contributed by atoms with E-state index in [1.807, 2.05) is 44.2 Å². The molecule has 0 bridgehead atoms. The number of hydrogen-bond donors (Lipinski definition) is 0. The van der Waals surface area contributed by atoms with Gasteiger partial charge in [0.1, 0.15) is 0 Å². The summed E-state index contributed by atoms with van der Waals surface area (Å²) in [5, 5.41) is 0. The second-order valence-corrected chi connectivity index (χ2v) is 5.86. The van der Waals surface area contributed by atoms with E-state index in [1.54, 1.807) is 0 Å². The largest absolute Gasteiger partial charge is 0.361 e. The fourth-order valence-electron chi connectivity index (χ4n) is 2.57. The molecule has 0 aromatic heterocycles. The molecule has 0 heterocycles. The summed E-state index contributed by atoms with van der Waals surface area (Å²) in [5.74, 6) is 0.166. The van der Waals surface area contributed by atoms with Crippen molar-refractivity contribution in [3.63, 3.8) is 0 Å². The molecule has 0 aliphatic carbocycles. The molecule has 0 N–H and O–H groups in total. The number of Topliss-reactive ketones (excluding diaryl/α,β-unsaturated/α-hetero) is 1. The van der Waals surface area contributed by atoms with Crippen molar-refractivity contribution in [2.45, 2.75) is 33.7 Å². The third-order valence-corrected chi connectivity index (χ3v) is 3.57. The van der Waals surface area contributed by atoms with E-state index in [4.69, 9.17) is 0 Å². The van der Waals surface area contributed by atoms with Crippen molar-refractivity contribution in [1.29, 1.82) is 0 Å². The number of nitrogens with zero attached hydrogens (tertiary/aromatic N) is 1. The summed E-state index contributed by atoms with van der Waals surface area (Å²) in [6, 6.07) is 16.4. The zero-order valence-corrected chi connectivity index (χ0v) is 13.3. The van der Waals surface area contributed by atoms with Gasteiger partial charge in [0, 0.05) is 17.3 Å². The Morgan fingerprint density at radius 1 is 1.00 bits per heavy atom. The van der Waals surface area contributed by atoms with Gasteiger partial charge in [-0.25, -0.2) is 0 Å². The number of ketones is 1. The Balaban J connectivity index is 2.23. The summed E-state index contributed by atoms with van der Waals surface area (Å²) in [7, 11) is 0. The molecule has 0 radical (unpaired) electrons. The van der Waals surface area contributed by atoms with Crippen molar-refractivity contribution in [2.24, 2.45) is 0 Å². The maximum absolute atomic E-state index is 12.6. The van der Waals surface area contributed by atoms with Gasteiger partial charge in [0.2, 0.25) is 0 Å². The van der Waals surface area contributed by atoms with Crippen LogP contribution in [0.25, 0.3) is 0 Å². The molecular weight excluding hydrogens is 258 g/mol.